The number of thiophene rings is 1. The van der Waals surface area contributed by atoms with Gasteiger partial charge in [0.2, 0.25) is 0 Å². The van der Waals surface area contributed by atoms with Gasteiger partial charge in [-0.25, -0.2) is 4.79 Å². The van der Waals surface area contributed by atoms with Crippen molar-refractivity contribution in [3.8, 4) is 0 Å². The molecular formula is C8H9NO3S3. The summed E-state index contributed by atoms with van der Waals surface area (Å²) in [6.45, 7) is 0. The minimum Gasteiger partial charge on any atom is -0.478 e. The standard InChI is InChI=1S/C8H9NO3S3/c1-13-7-4(3-9-12)5(6(10)11)8(14-2)15-7/h3,12H,1-2H3,(H,10,11). The molecule has 7 heteroatoms. The Labute approximate surface area is 99.4 Å². The van der Waals surface area contributed by atoms with E-state index in [-0.39, 0.29) is 5.56 Å². The molecule has 0 aliphatic rings. The SMILES string of the molecule is CSc1sc(SC)c(C(=O)O)c1C=NO. The number of hydrogen-bond acceptors (Lipinski definition) is 6. The first-order valence-electron chi connectivity index (χ1n) is 3.81. The Balaban J connectivity index is 3.41. The molecule has 0 fully saturated rings. The number of hydrogen-bond donors (Lipinski definition) is 2. The second-order valence-electron chi connectivity index (χ2n) is 2.42. The van der Waals surface area contributed by atoms with Crippen molar-refractivity contribution in [1.29, 1.82) is 0 Å². The number of thioether (sulfide) groups is 2. The third-order valence-corrected chi connectivity index (χ3v) is 5.11. The highest BCUT2D eigenvalue weighted by molar-refractivity contribution is 8.02. The maximum Gasteiger partial charge on any atom is 0.338 e. The van der Waals surface area contributed by atoms with Crippen LogP contribution in [0.4, 0.5) is 0 Å². The average Bonchev–Trinajstić information content (AvgIpc) is 2.56. The zero-order valence-electron chi connectivity index (χ0n) is 8.05. The molecule has 0 atom stereocenters. The van der Waals surface area contributed by atoms with Crippen molar-refractivity contribution in [2.24, 2.45) is 5.16 Å². The van der Waals surface area contributed by atoms with Crippen LogP contribution in [0.15, 0.2) is 13.6 Å². The molecule has 0 amide bonds. The molecule has 1 rings (SSSR count). The average molecular weight is 263 g/mol. The third kappa shape index (κ3) is 2.47. The van der Waals surface area contributed by atoms with Gasteiger partial charge in [0.15, 0.2) is 0 Å². The van der Waals surface area contributed by atoms with Gasteiger partial charge in [-0.3, -0.25) is 0 Å². The van der Waals surface area contributed by atoms with Gasteiger partial charge >= 0.3 is 5.97 Å². The van der Waals surface area contributed by atoms with Gasteiger partial charge in [0, 0.05) is 5.56 Å². The molecule has 0 aliphatic heterocycles. The van der Waals surface area contributed by atoms with E-state index in [9.17, 15) is 4.79 Å². The summed E-state index contributed by atoms with van der Waals surface area (Å²) in [6, 6.07) is 0. The molecule has 0 spiro atoms. The Kier molecular flexibility index (Phi) is 4.49. The van der Waals surface area contributed by atoms with Crippen molar-refractivity contribution in [2.45, 2.75) is 8.42 Å². The minimum absolute atomic E-state index is 0.217. The van der Waals surface area contributed by atoms with Crippen LogP contribution in [0.3, 0.4) is 0 Å². The van der Waals surface area contributed by atoms with Gasteiger partial charge in [-0.05, 0) is 12.5 Å². The van der Waals surface area contributed by atoms with E-state index in [0.29, 0.717) is 5.56 Å². The highest BCUT2D eigenvalue weighted by Gasteiger charge is 2.21. The van der Waals surface area contributed by atoms with Crippen molar-refractivity contribution in [3.63, 3.8) is 0 Å². The van der Waals surface area contributed by atoms with Crippen LogP contribution in [0.5, 0.6) is 0 Å². The predicted molar refractivity (Wildman–Crippen MR) is 64.2 cm³/mol. The summed E-state index contributed by atoms with van der Waals surface area (Å²) in [4.78, 5) is 11.0. The van der Waals surface area contributed by atoms with Crippen LogP contribution < -0.4 is 0 Å². The van der Waals surface area contributed by atoms with Crippen molar-refractivity contribution in [1.82, 2.24) is 0 Å². The normalized spacial score (nSPS) is 11.1. The fraction of sp³-hybridized carbons (Fsp3) is 0.250. The Hall–Kier alpha value is -0.660. The third-order valence-electron chi connectivity index (χ3n) is 1.65. The second kappa shape index (κ2) is 5.43. The predicted octanol–water partition coefficient (Wildman–Crippen LogP) is 2.70. The maximum absolute atomic E-state index is 11.0. The first-order chi connectivity index (χ1) is 7.15. The van der Waals surface area contributed by atoms with Crippen LogP contribution in [0, 0.1) is 0 Å². The van der Waals surface area contributed by atoms with Crippen LogP contribution in [0.2, 0.25) is 0 Å². The van der Waals surface area contributed by atoms with E-state index in [1.165, 1.54) is 41.1 Å². The molecule has 0 saturated heterocycles. The molecule has 1 heterocycles. The minimum atomic E-state index is -0.995. The lowest BCUT2D eigenvalue weighted by Gasteiger charge is -1.96. The lowest BCUT2D eigenvalue weighted by atomic mass is 10.2. The monoisotopic (exact) mass is 263 g/mol. The zero-order valence-corrected chi connectivity index (χ0v) is 10.5. The summed E-state index contributed by atoms with van der Waals surface area (Å²) in [7, 11) is 0. The fourth-order valence-corrected chi connectivity index (χ4v) is 3.91. The Morgan fingerprint density at radius 1 is 1.40 bits per heavy atom. The summed E-state index contributed by atoms with van der Waals surface area (Å²) in [6.07, 6.45) is 4.85. The van der Waals surface area contributed by atoms with E-state index in [4.69, 9.17) is 10.3 Å². The summed E-state index contributed by atoms with van der Waals surface area (Å²) in [5.74, 6) is -0.995. The lowest BCUT2D eigenvalue weighted by Crippen LogP contribution is -2.00. The first-order valence-corrected chi connectivity index (χ1v) is 7.07. The van der Waals surface area contributed by atoms with Gasteiger partial charge in [-0.2, -0.15) is 0 Å². The Bertz CT molecular complexity index is 400. The van der Waals surface area contributed by atoms with Crippen LogP contribution >= 0.6 is 34.9 Å². The number of carboxylic acid groups (broad SMARTS) is 1. The van der Waals surface area contributed by atoms with Crippen molar-refractivity contribution in [3.05, 3.63) is 11.1 Å². The number of carbonyl (C=O) groups is 1. The Morgan fingerprint density at radius 2 is 2.00 bits per heavy atom. The number of nitrogens with zero attached hydrogens (tertiary/aromatic N) is 1. The van der Waals surface area contributed by atoms with E-state index in [2.05, 4.69) is 5.16 Å². The van der Waals surface area contributed by atoms with Gasteiger partial charge in [0.25, 0.3) is 0 Å². The number of aromatic carboxylic acids is 1. The number of rotatable bonds is 4. The van der Waals surface area contributed by atoms with E-state index in [1.807, 2.05) is 12.5 Å². The zero-order chi connectivity index (χ0) is 11.4. The van der Waals surface area contributed by atoms with E-state index >= 15 is 0 Å². The van der Waals surface area contributed by atoms with Gasteiger partial charge in [0.1, 0.15) is 0 Å². The largest absolute Gasteiger partial charge is 0.478 e. The lowest BCUT2D eigenvalue weighted by molar-refractivity contribution is 0.0694. The van der Waals surface area contributed by atoms with Crippen LogP contribution in [0.1, 0.15) is 15.9 Å². The summed E-state index contributed by atoms with van der Waals surface area (Å²) in [5.41, 5.74) is 0.696. The topological polar surface area (TPSA) is 69.9 Å². The molecule has 1 aromatic rings. The summed E-state index contributed by atoms with van der Waals surface area (Å²) < 4.78 is 1.57. The van der Waals surface area contributed by atoms with E-state index < -0.39 is 5.97 Å². The fourth-order valence-electron chi connectivity index (χ4n) is 1.08. The molecule has 2 N–H and O–H groups in total. The number of carboxylic acids is 1. The Morgan fingerprint density at radius 3 is 2.40 bits per heavy atom. The molecule has 15 heavy (non-hydrogen) atoms. The van der Waals surface area contributed by atoms with E-state index in [0.717, 1.165) is 8.42 Å². The molecule has 0 aromatic carbocycles. The number of oxime groups is 1. The van der Waals surface area contributed by atoms with Gasteiger partial charge in [-0.15, -0.1) is 34.9 Å². The summed E-state index contributed by atoms with van der Waals surface area (Å²) in [5, 5.41) is 20.4. The van der Waals surface area contributed by atoms with Crippen LogP contribution in [0.25, 0.3) is 0 Å². The van der Waals surface area contributed by atoms with Crippen LogP contribution in [-0.2, 0) is 0 Å². The molecule has 0 bridgehead atoms. The van der Waals surface area contributed by atoms with Gasteiger partial charge < -0.3 is 10.3 Å². The molecule has 0 aliphatic carbocycles. The highest BCUT2D eigenvalue weighted by Crippen LogP contribution is 2.39. The van der Waals surface area contributed by atoms with Crippen molar-refractivity contribution < 1.29 is 15.1 Å². The molecule has 0 radical (unpaired) electrons. The smallest absolute Gasteiger partial charge is 0.338 e. The van der Waals surface area contributed by atoms with Crippen molar-refractivity contribution in [2.75, 3.05) is 12.5 Å². The van der Waals surface area contributed by atoms with Crippen molar-refractivity contribution >= 4 is 47.0 Å². The van der Waals surface area contributed by atoms with Gasteiger partial charge in [-0.1, -0.05) is 5.16 Å². The van der Waals surface area contributed by atoms with E-state index in [1.54, 1.807) is 0 Å². The van der Waals surface area contributed by atoms with Crippen LogP contribution in [-0.4, -0.2) is 35.0 Å². The molecule has 4 nitrogen and oxygen atoms in total. The highest BCUT2D eigenvalue weighted by atomic mass is 32.2. The molecular weight excluding hydrogens is 254 g/mol. The van der Waals surface area contributed by atoms with Gasteiger partial charge in [0.05, 0.1) is 20.2 Å². The summed E-state index contributed by atoms with van der Waals surface area (Å²) >= 11 is 4.22. The first kappa shape index (κ1) is 12.4. The second-order valence-corrected chi connectivity index (χ2v) is 5.59. The molecule has 0 saturated carbocycles. The molecule has 0 unspecified atom stereocenters. The quantitative estimate of drug-likeness (QED) is 0.378. The molecule has 1 aromatic heterocycles. The molecule has 82 valence electrons. The maximum atomic E-state index is 11.0.